The number of morpholine rings is 1. The van der Waals surface area contributed by atoms with E-state index < -0.39 is 65.6 Å². The lowest BCUT2D eigenvalue weighted by Gasteiger charge is -2.39. The van der Waals surface area contributed by atoms with E-state index in [9.17, 15) is 33.6 Å². The number of carbonyl (C=O) groups excluding carboxylic acids is 6. The van der Waals surface area contributed by atoms with Gasteiger partial charge in [0.1, 0.15) is 6.61 Å². The molecule has 0 unspecified atom stereocenters. The summed E-state index contributed by atoms with van der Waals surface area (Å²) in [5.74, 6) is -4.02. The number of rotatable bonds is 19. The minimum absolute atomic E-state index is 0.0385. The molecular weight excluding hydrogens is 724 g/mol. The Bertz CT molecular complexity index is 1360. The molecule has 1 aliphatic rings. The SMILES string of the molecule is CCOC(=O)CCC(=O)O.CCOC(=O)CCC(=O)O[C@H](COc1nsnc1N1CCOCC1)CN(C(=O)[C@H](C)OC(=O)[C@H](C)OC(C)=O)C(C)(C)C. The molecule has 0 aliphatic carbocycles. The van der Waals surface area contributed by atoms with Crippen LogP contribution in [0.3, 0.4) is 0 Å². The van der Waals surface area contributed by atoms with Gasteiger partial charge in [0.2, 0.25) is 5.82 Å². The van der Waals surface area contributed by atoms with Gasteiger partial charge in [-0.25, -0.2) is 4.79 Å². The first-order valence-corrected chi connectivity index (χ1v) is 17.8. The molecule has 19 nitrogen and oxygen atoms in total. The average molecular weight is 777 g/mol. The zero-order valence-electron chi connectivity index (χ0n) is 31.6. The van der Waals surface area contributed by atoms with Crippen molar-refractivity contribution in [2.24, 2.45) is 0 Å². The third-order valence-corrected chi connectivity index (χ3v) is 7.42. The molecule has 1 saturated heterocycles. The van der Waals surface area contributed by atoms with Gasteiger partial charge in [0.05, 0.1) is 70.4 Å². The first kappa shape index (κ1) is 46.4. The number of carbonyl (C=O) groups is 7. The maximum Gasteiger partial charge on any atom is 0.347 e. The van der Waals surface area contributed by atoms with E-state index in [1.807, 2.05) is 4.90 Å². The van der Waals surface area contributed by atoms with E-state index in [1.165, 1.54) is 18.7 Å². The molecule has 300 valence electrons. The molecule has 1 N–H and O–H groups in total. The Labute approximate surface area is 312 Å². The van der Waals surface area contributed by atoms with Crippen molar-refractivity contribution in [2.45, 2.75) is 105 Å². The fraction of sp³-hybridized carbons (Fsp3) is 0.727. The third-order valence-electron chi connectivity index (χ3n) is 6.92. The van der Waals surface area contributed by atoms with E-state index >= 15 is 0 Å². The number of nitrogens with zero attached hydrogens (tertiary/aromatic N) is 4. The maximum absolute atomic E-state index is 13.5. The highest BCUT2D eigenvalue weighted by molar-refractivity contribution is 6.99. The van der Waals surface area contributed by atoms with Crippen LogP contribution in [0.25, 0.3) is 0 Å². The third kappa shape index (κ3) is 18.6. The van der Waals surface area contributed by atoms with Crippen molar-refractivity contribution in [3.8, 4) is 5.88 Å². The average Bonchev–Trinajstić information content (AvgIpc) is 3.56. The highest BCUT2D eigenvalue weighted by atomic mass is 32.1. The van der Waals surface area contributed by atoms with Crippen molar-refractivity contribution >= 4 is 59.3 Å². The van der Waals surface area contributed by atoms with Crippen LogP contribution >= 0.6 is 11.7 Å². The maximum atomic E-state index is 13.5. The second-order valence-electron chi connectivity index (χ2n) is 12.4. The number of carboxylic acids is 1. The first-order valence-electron chi connectivity index (χ1n) is 17.1. The van der Waals surface area contributed by atoms with Gasteiger partial charge in [-0.2, -0.15) is 4.37 Å². The van der Waals surface area contributed by atoms with Crippen molar-refractivity contribution in [3.63, 3.8) is 0 Å². The molecule has 53 heavy (non-hydrogen) atoms. The zero-order chi connectivity index (χ0) is 40.1. The number of hydrogen-bond donors (Lipinski definition) is 1. The molecule has 2 heterocycles. The summed E-state index contributed by atoms with van der Waals surface area (Å²) in [4.78, 5) is 85.3. The van der Waals surface area contributed by atoms with Gasteiger partial charge >= 0.3 is 35.8 Å². The zero-order valence-corrected chi connectivity index (χ0v) is 32.4. The number of ether oxygens (including phenoxy) is 7. The van der Waals surface area contributed by atoms with E-state index in [0.29, 0.717) is 38.7 Å². The van der Waals surface area contributed by atoms with Gasteiger partial charge in [0.15, 0.2) is 18.3 Å². The first-order chi connectivity index (χ1) is 24.9. The quantitative estimate of drug-likeness (QED) is 0.156. The highest BCUT2D eigenvalue weighted by Crippen LogP contribution is 2.27. The normalized spacial score (nSPS) is 14.2. The summed E-state index contributed by atoms with van der Waals surface area (Å²) in [6.45, 7) is 15.0. The molecule has 3 atom stereocenters. The van der Waals surface area contributed by atoms with Crippen molar-refractivity contribution in [2.75, 3.05) is 57.6 Å². The number of aliphatic carboxylic acids is 1. The van der Waals surface area contributed by atoms with Crippen molar-refractivity contribution in [1.29, 1.82) is 0 Å². The molecule has 0 radical (unpaired) electrons. The fourth-order valence-corrected chi connectivity index (χ4v) is 4.91. The minimum atomic E-state index is -1.25. The van der Waals surface area contributed by atoms with Crippen LogP contribution < -0.4 is 9.64 Å². The van der Waals surface area contributed by atoms with Gasteiger partial charge in [-0.05, 0) is 48.5 Å². The van der Waals surface area contributed by atoms with Gasteiger partial charge in [-0.15, -0.1) is 4.37 Å². The summed E-state index contributed by atoms with van der Waals surface area (Å²) in [6, 6.07) is 0. The summed E-state index contributed by atoms with van der Waals surface area (Å²) in [5.41, 5.74) is -0.810. The number of carboxylic acid groups (broad SMARTS) is 1. The summed E-state index contributed by atoms with van der Waals surface area (Å²) in [7, 11) is 0. The van der Waals surface area contributed by atoms with Gasteiger partial charge in [0.25, 0.3) is 11.8 Å². The molecule has 1 fully saturated rings. The van der Waals surface area contributed by atoms with Crippen LogP contribution in [0.4, 0.5) is 5.82 Å². The Hall–Kier alpha value is -4.59. The molecule has 2 rings (SSSR count). The molecule has 1 amide bonds. The van der Waals surface area contributed by atoms with Crippen LogP contribution in [0, 0.1) is 0 Å². The standard InChI is InChI=1S/C27H42N4O11S.C6H10O4/c1-8-38-21(33)9-10-22(34)42-20(16-39-24-23(28-43-29-24)30-11-13-37-14-12-30)15-31(27(5,6)7)25(35)17(2)41-26(36)18(3)40-19(4)32;1-2-10-6(9)4-3-5(7)8/h17-18,20H,8-16H2,1-7H3;2-4H2,1H3,(H,7,8)/t17-,18-,20-;/m0./s1. The van der Waals surface area contributed by atoms with E-state index in [4.69, 9.17) is 33.5 Å². The molecular formula is C33H52N4O15S. The van der Waals surface area contributed by atoms with Crippen LogP contribution in [0.5, 0.6) is 5.88 Å². The number of anilines is 1. The van der Waals surface area contributed by atoms with Crippen LogP contribution in [0.2, 0.25) is 0 Å². The molecule has 0 saturated carbocycles. The monoisotopic (exact) mass is 776 g/mol. The largest absolute Gasteiger partial charge is 0.481 e. The smallest absolute Gasteiger partial charge is 0.347 e. The molecule has 0 bridgehead atoms. The van der Waals surface area contributed by atoms with Gasteiger partial charge in [-0.3, -0.25) is 28.8 Å². The Kier molecular flexibility index (Phi) is 20.9. The number of esters is 5. The van der Waals surface area contributed by atoms with Crippen LogP contribution in [-0.4, -0.2) is 137 Å². The van der Waals surface area contributed by atoms with Gasteiger partial charge < -0.3 is 48.1 Å². The van der Waals surface area contributed by atoms with Crippen LogP contribution in [0.1, 0.15) is 81.1 Å². The number of aromatic nitrogens is 2. The predicted octanol–water partition coefficient (Wildman–Crippen LogP) is 1.93. The van der Waals surface area contributed by atoms with Crippen LogP contribution in [0.15, 0.2) is 0 Å². The van der Waals surface area contributed by atoms with E-state index in [2.05, 4.69) is 13.5 Å². The van der Waals surface area contributed by atoms with Gasteiger partial charge in [-0.1, -0.05) is 0 Å². The summed E-state index contributed by atoms with van der Waals surface area (Å²) in [6.07, 6.45) is -4.06. The molecule has 0 aromatic carbocycles. The molecule has 1 aliphatic heterocycles. The van der Waals surface area contributed by atoms with Crippen molar-refractivity contribution in [1.82, 2.24) is 13.6 Å². The Morgan fingerprint density at radius 2 is 1.42 bits per heavy atom. The molecule has 1 aromatic rings. The van der Waals surface area contributed by atoms with Gasteiger partial charge in [0, 0.05) is 25.6 Å². The fourth-order valence-electron chi connectivity index (χ4n) is 4.39. The minimum Gasteiger partial charge on any atom is -0.481 e. The topological polar surface area (TPSA) is 237 Å². The molecule has 20 heteroatoms. The summed E-state index contributed by atoms with van der Waals surface area (Å²) in [5, 5.41) is 8.12. The second kappa shape index (κ2) is 23.9. The summed E-state index contributed by atoms with van der Waals surface area (Å²) >= 11 is 0.969. The van der Waals surface area contributed by atoms with E-state index in [-0.39, 0.29) is 51.3 Å². The Morgan fingerprint density at radius 3 is 1.94 bits per heavy atom. The lowest BCUT2D eigenvalue weighted by molar-refractivity contribution is -0.174. The second-order valence-corrected chi connectivity index (χ2v) is 12.9. The summed E-state index contributed by atoms with van der Waals surface area (Å²) < 4.78 is 45.1. The molecule has 1 aromatic heterocycles. The van der Waals surface area contributed by atoms with Crippen molar-refractivity contribution in [3.05, 3.63) is 0 Å². The predicted molar refractivity (Wildman–Crippen MR) is 186 cm³/mol. The number of amides is 1. The Balaban J connectivity index is 0.00000122. The lowest BCUT2D eigenvalue weighted by atomic mass is 10.0. The van der Waals surface area contributed by atoms with Crippen LogP contribution in [-0.2, 0) is 62.0 Å². The highest BCUT2D eigenvalue weighted by Gasteiger charge is 2.36. The molecule has 0 spiro atoms. The van der Waals surface area contributed by atoms with E-state index in [0.717, 1.165) is 18.7 Å². The Morgan fingerprint density at radius 1 is 0.849 bits per heavy atom. The number of hydrogen-bond acceptors (Lipinski definition) is 18. The van der Waals surface area contributed by atoms with Crippen molar-refractivity contribution < 1.29 is 71.8 Å². The lowest BCUT2D eigenvalue weighted by Crippen LogP contribution is -2.54. The van der Waals surface area contributed by atoms with E-state index in [1.54, 1.807) is 34.6 Å².